The minimum absolute atomic E-state index is 0.241. The number of nitrogens with zero attached hydrogens (tertiary/aromatic N) is 8. The number of carbonyl (C=O) groups excluding carboxylic acids is 1. The second kappa shape index (κ2) is 33.2. The number of benzene rings is 6. The lowest BCUT2D eigenvalue weighted by atomic mass is 10.1. The summed E-state index contributed by atoms with van der Waals surface area (Å²) in [6.45, 7) is 12.7. The number of anilines is 2. The third kappa shape index (κ3) is 21.4. The third-order valence-electron chi connectivity index (χ3n) is 12.1. The van der Waals surface area contributed by atoms with Gasteiger partial charge in [-0.15, -0.1) is 0 Å². The minimum atomic E-state index is -3.99. The zero-order chi connectivity index (χ0) is 58.9. The first kappa shape index (κ1) is 64.2. The molecule has 6 rings (SSSR count). The lowest BCUT2D eigenvalue weighted by molar-refractivity contribution is 0.261. The Bertz CT molecular complexity index is 3310. The van der Waals surface area contributed by atoms with E-state index in [0.717, 1.165) is 52.9 Å². The van der Waals surface area contributed by atoms with E-state index in [1.807, 2.05) is 90.1 Å². The molecule has 0 spiro atoms. The molecule has 0 heterocycles. The van der Waals surface area contributed by atoms with Gasteiger partial charge in [0.15, 0.2) is 0 Å². The molecule has 0 aliphatic carbocycles. The molecule has 0 aliphatic rings. The molecule has 0 unspecified atom stereocenters. The molecule has 2 amide bonds. The van der Waals surface area contributed by atoms with Gasteiger partial charge < -0.3 is 43.2 Å². The average Bonchev–Trinajstić information content (AvgIpc) is 3.62. The van der Waals surface area contributed by atoms with Gasteiger partial charge in [0, 0.05) is 29.4 Å². The van der Waals surface area contributed by atoms with E-state index >= 15 is 0 Å². The van der Waals surface area contributed by atoms with Crippen LogP contribution < -0.4 is 29.6 Å². The summed E-state index contributed by atoms with van der Waals surface area (Å²) in [6, 6.07) is 28.3. The highest BCUT2D eigenvalue weighted by Crippen LogP contribution is 2.39. The Morgan fingerprint density at radius 2 is 0.744 bits per heavy atom. The van der Waals surface area contributed by atoms with Crippen LogP contribution in [0.4, 0.5) is 61.7 Å². The molecule has 6 N–H and O–H groups in total. The van der Waals surface area contributed by atoms with E-state index in [-0.39, 0.29) is 19.0 Å². The Kier molecular flexibility index (Phi) is 26.0. The predicted octanol–water partition coefficient (Wildman–Crippen LogP) is 18.2. The number of amides is 2. The van der Waals surface area contributed by atoms with Crippen LogP contribution in [0, 0.1) is 41.5 Å². The van der Waals surface area contributed by atoms with Gasteiger partial charge >= 0.3 is 6.03 Å². The molecule has 0 saturated heterocycles. The molecule has 0 aliphatic heterocycles. The number of ether oxygens (including phenoxy) is 4. The van der Waals surface area contributed by atoms with Crippen molar-refractivity contribution < 1.29 is 50.4 Å². The smallest absolute Gasteiger partial charge is 0.323 e. The van der Waals surface area contributed by atoms with Crippen molar-refractivity contribution in [3.05, 3.63) is 130 Å². The summed E-state index contributed by atoms with van der Waals surface area (Å²) >= 11 is 2.27. The Morgan fingerprint density at radius 3 is 1.11 bits per heavy atom. The number of azo groups is 4. The maximum absolute atomic E-state index is 13.9. The first-order chi connectivity index (χ1) is 39.5. The van der Waals surface area contributed by atoms with Crippen molar-refractivity contribution in [2.24, 2.45) is 40.9 Å². The number of carbonyl (C=O) groups is 1. The standard InChI is InChI=1S/C57H68N10O11S4/c1-37-31-49(39(3)29-47(37)62-60-43-13-17-45(18-14-43)75-21-7-9-25-79-69)64-66-51-35-55(77-23-11-26-80-70)53(33-41(51)5)58-57(68)59-54-34-42(6)52(36-56(54)78-24-12-27-81-71)67-65-50-32-38(2)48(30-40(50)4)63-61-44-15-19-46(20-16-44)76-22-8-10-28-82(72,73)74/h13-20,29-36,69-71H,7-12,21-28H2,1-6H3,(H2,58,59,68)(H,72,73,74). The van der Waals surface area contributed by atoms with Gasteiger partial charge in [0.05, 0.1) is 89.1 Å². The Hall–Kier alpha value is -6.97. The van der Waals surface area contributed by atoms with Crippen molar-refractivity contribution in [2.45, 2.75) is 80.1 Å². The fourth-order valence-electron chi connectivity index (χ4n) is 7.59. The monoisotopic (exact) mass is 1200 g/mol. The van der Waals surface area contributed by atoms with Crippen LogP contribution in [0.2, 0.25) is 0 Å². The van der Waals surface area contributed by atoms with Crippen LogP contribution in [0.3, 0.4) is 0 Å². The number of unbranched alkanes of at least 4 members (excludes halogenated alkanes) is 2. The maximum Gasteiger partial charge on any atom is 0.323 e. The van der Waals surface area contributed by atoms with E-state index in [4.69, 9.17) is 28.1 Å². The highest BCUT2D eigenvalue weighted by molar-refractivity contribution is 7.94. The van der Waals surface area contributed by atoms with E-state index in [9.17, 15) is 22.3 Å². The fraction of sp³-hybridized carbons (Fsp3) is 0.351. The largest absolute Gasteiger partial charge is 0.494 e. The zero-order valence-electron chi connectivity index (χ0n) is 46.5. The summed E-state index contributed by atoms with van der Waals surface area (Å²) in [4.78, 5) is 13.9. The van der Waals surface area contributed by atoms with Crippen LogP contribution in [0.5, 0.6) is 23.0 Å². The summed E-state index contributed by atoms with van der Waals surface area (Å²) in [5.41, 5.74) is 10.3. The average molecular weight is 1200 g/mol. The third-order valence-corrected chi connectivity index (χ3v) is 14.3. The van der Waals surface area contributed by atoms with Gasteiger partial charge in [0.25, 0.3) is 10.1 Å². The number of nitrogens with one attached hydrogen (secondary N) is 2. The van der Waals surface area contributed by atoms with Gasteiger partial charge in [-0.1, -0.05) is 0 Å². The Labute approximate surface area is 491 Å². The summed E-state index contributed by atoms with van der Waals surface area (Å²) in [5, 5.41) is 42.0. The number of hydrogen-bond donors (Lipinski definition) is 6. The van der Waals surface area contributed by atoms with Crippen molar-refractivity contribution in [3.8, 4) is 23.0 Å². The van der Waals surface area contributed by atoms with Crippen LogP contribution in [0.15, 0.2) is 138 Å². The van der Waals surface area contributed by atoms with Crippen LogP contribution in [-0.4, -0.2) is 82.1 Å². The van der Waals surface area contributed by atoms with Crippen LogP contribution >= 0.6 is 36.1 Å². The number of urea groups is 1. The molecule has 0 atom stereocenters. The number of rotatable bonds is 32. The molecular formula is C57H68N10O11S4. The molecule has 0 radical (unpaired) electrons. The summed E-state index contributed by atoms with van der Waals surface area (Å²) in [6.07, 6.45) is 3.55. The first-order valence-electron chi connectivity index (χ1n) is 26.2. The molecule has 6 aromatic rings. The summed E-state index contributed by atoms with van der Waals surface area (Å²) in [5.74, 6) is 3.28. The maximum atomic E-state index is 13.9. The van der Waals surface area contributed by atoms with Crippen LogP contribution in [0.25, 0.3) is 0 Å². The van der Waals surface area contributed by atoms with E-state index in [2.05, 4.69) is 51.5 Å². The fourth-order valence-corrected chi connectivity index (χ4v) is 8.98. The zero-order valence-corrected chi connectivity index (χ0v) is 49.8. The van der Waals surface area contributed by atoms with Crippen molar-refractivity contribution >= 4 is 109 Å². The molecule has 0 fully saturated rings. The second-order valence-corrected chi connectivity index (χ2v) is 22.4. The van der Waals surface area contributed by atoms with E-state index in [0.29, 0.717) is 165 Å². The van der Waals surface area contributed by atoms with Crippen molar-refractivity contribution in [1.82, 2.24) is 0 Å². The lowest BCUT2D eigenvalue weighted by Crippen LogP contribution is -2.21. The molecule has 0 aromatic heterocycles. The number of aryl methyl sites for hydroxylation is 6. The molecule has 436 valence electrons. The summed E-state index contributed by atoms with van der Waals surface area (Å²) in [7, 11) is -3.99. The van der Waals surface area contributed by atoms with E-state index in [1.165, 1.54) is 0 Å². The SMILES string of the molecule is Cc1cc(N=Nc2cc(OCCCSO)c(NC(=O)Nc3cc(C)c(N=Nc4cc(C)c(N=Nc5ccc(OCCCCS(=O)(=O)O)cc5)cc4C)cc3OCCCSO)cc2C)c(C)cc1N=Nc1ccc(OCCCCSO)cc1. The van der Waals surface area contributed by atoms with Gasteiger partial charge in [0.1, 0.15) is 23.0 Å². The molecule has 21 nitrogen and oxygen atoms in total. The van der Waals surface area contributed by atoms with Gasteiger partial charge in [0.2, 0.25) is 0 Å². The highest BCUT2D eigenvalue weighted by atomic mass is 32.2. The molecule has 0 bridgehead atoms. The Balaban J connectivity index is 1.13. The number of hydrogen-bond acceptors (Lipinski definition) is 21. The quantitative estimate of drug-likeness (QED) is 0.00991. The molecule has 82 heavy (non-hydrogen) atoms. The van der Waals surface area contributed by atoms with Crippen LogP contribution in [0.1, 0.15) is 71.9 Å². The van der Waals surface area contributed by atoms with Crippen molar-refractivity contribution in [2.75, 3.05) is 60.1 Å². The van der Waals surface area contributed by atoms with E-state index in [1.54, 1.807) is 48.5 Å². The van der Waals surface area contributed by atoms with Gasteiger partial charge in [-0.25, -0.2) is 4.79 Å². The molecule has 6 aromatic carbocycles. The highest BCUT2D eigenvalue weighted by Gasteiger charge is 2.17. The second-order valence-electron chi connectivity index (χ2n) is 18.8. The van der Waals surface area contributed by atoms with Gasteiger partial charge in [-0.3, -0.25) is 4.55 Å². The first-order valence-corrected chi connectivity index (χ1v) is 30.7. The van der Waals surface area contributed by atoms with Crippen molar-refractivity contribution in [3.63, 3.8) is 0 Å². The molecule has 0 saturated carbocycles. The van der Waals surface area contributed by atoms with E-state index < -0.39 is 16.1 Å². The normalized spacial score (nSPS) is 11.8. The predicted molar refractivity (Wildman–Crippen MR) is 328 cm³/mol. The lowest BCUT2D eigenvalue weighted by Gasteiger charge is -2.17. The van der Waals surface area contributed by atoms with Crippen molar-refractivity contribution in [1.29, 1.82) is 0 Å². The molecule has 25 heteroatoms. The summed E-state index contributed by atoms with van der Waals surface area (Å²) < 4.78 is 82.1. The minimum Gasteiger partial charge on any atom is -0.494 e. The topological polar surface area (TPSA) is 292 Å². The van der Waals surface area contributed by atoms with Gasteiger partial charge in [-0.05, 0) is 235 Å². The van der Waals surface area contributed by atoms with Crippen LogP contribution in [-0.2, 0) is 10.1 Å². The van der Waals surface area contributed by atoms with Gasteiger partial charge in [-0.2, -0.15) is 49.3 Å². The Morgan fingerprint density at radius 1 is 0.427 bits per heavy atom. The molecular weight excluding hydrogens is 1130 g/mol.